The smallest absolute Gasteiger partial charge is 0.135 e. The standard InChI is InChI=1S/C19H18N6/c1-4-5-6-13-9-17(21-12(13)2)19-18-16(23-24-19)8-7-15(22-18)14-10-20-25(3)11-14/h4-11,21H,1H2,2-3H3,(H,23,24)/b6-5-. The van der Waals surface area contributed by atoms with Gasteiger partial charge in [0.2, 0.25) is 0 Å². The number of aromatic nitrogens is 6. The van der Waals surface area contributed by atoms with Crippen LogP contribution >= 0.6 is 0 Å². The minimum atomic E-state index is 0.807. The summed E-state index contributed by atoms with van der Waals surface area (Å²) in [5.74, 6) is 0. The fourth-order valence-corrected chi connectivity index (χ4v) is 2.85. The summed E-state index contributed by atoms with van der Waals surface area (Å²) in [6.07, 6.45) is 9.46. The molecule has 2 N–H and O–H groups in total. The molecule has 0 radical (unpaired) electrons. The third kappa shape index (κ3) is 2.67. The molecule has 0 bridgehead atoms. The van der Waals surface area contributed by atoms with Gasteiger partial charge in [-0.2, -0.15) is 10.2 Å². The summed E-state index contributed by atoms with van der Waals surface area (Å²) in [7, 11) is 1.89. The average molecular weight is 330 g/mol. The number of aryl methyl sites for hydroxylation is 2. The lowest BCUT2D eigenvalue weighted by molar-refractivity contribution is 0.768. The molecule has 6 heteroatoms. The van der Waals surface area contributed by atoms with Crippen molar-refractivity contribution in [2.24, 2.45) is 7.05 Å². The molecule has 4 aromatic rings. The third-order valence-electron chi connectivity index (χ3n) is 4.13. The van der Waals surface area contributed by atoms with E-state index in [0.717, 1.165) is 44.9 Å². The quantitative estimate of drug-likeness (QED) is 0.558. The Kier molecular flexibility index (Phi) is 3.57. The molecule has 0 amide bonds. The predicted molar refractivity (Wildman–Crippen MR) is 99.8 cm³/mol. The molecule has 124 valence electrons. The molecule has 4 heterocycles. The van der Waals surface area contributed by atoms with Crippen LogP contribution in [0.4, 0.5) is 0 Å². The van der Waals surface area contributed by atoms with E-state index >= 15 is 0 Å². The summed E-state index contributed by atoms with van der Waals surface area (Å²) in [6, 6.07) is 6.04. The van der Waals surface area contributed by atoms with Crippen LogP contribution < -0.4 is 0 Å². The molecule has 0 spiro atoms. The summed E-state index contributed by atoms with van der Waals surface area (Å²) in [4.78, 5) is 8.18. The Morgan fingerprint density at radius 3 is 2.92 bits per heavy atom. The van der Waals surface area contributed by atoms with Crippen molar-refractivity contribution in [3.63, 3.8) is 0 Å². The van der Waals surface area contributed by atoms with Crippen LogP contribution in [0.2, 0.25) is 0 Å². The number of H-pyrrole nitrogens is 2. The molecule has 4 rings (SSSR count). The van der Waals surface area contributed by atoms with Gasteiger partial charge in [-0.05, 0) is 30.7 Å². The Morgan fingerprint density at radius 1 is 1.28 bits per heavy atom. The molecule has 0 atom stereocenters. The van der Waals surface area contributed by atoms with E-state index in [1.807, 2.05) is 50.6 Å². The van der Waals surface area contributed by atoms with Gasteiger partial charge in [0, 0.05) is 24.5 Å². The van der Waals surface area contributed by atoms with Crippen LogP contribution in [0.25, 0.3) is 39.8 Å². The molecule has 0 aliphatic rings. The second-order valence-electron chi connectivity index (χ2n) is 5.93. The fraction of sp³-hybridized carbons (Fsp3) is 0.105. The summed E-state index contributed by atoms with van der Waals surface area (Å²) >= 11 is 0. The number of hydrogen-bond donors (Lipinski definition) is 2. The zero-order valence-corrected chi connectivity index (χ0v) is 14.1. The Morgan fingerprint density at radius 2 is 2.16 bits per heavy atom. The van der Waals surface area contributed by atoms with Crippen molar-refractivity contribution >= 4 is 17.1 Å². The summed E-state index contributed by atoms with van der Waals surface area (Å²) in [5, 5.41) is 11.7. The zero-order chi connectivity index (χ0) is 17.4. The number of fused-ring (bicyclic) bond motifs is 1. The molecule has 0 unspecified atom stereocenters. The van der Waals surface area contributed by atoms with Crippen molar-refractivity contribution in [2.75, 3.05) is 0 Å². The van der Waals surface area contributed by atoms with Crippen LogP contribution in [0.3, 0.4) is 0 Å². The molecular weight excluding hydrogens is 312 g/mol. The first-order valence-corrected chi connectivity index (χ1v) is 7.99. The topological polar surface area (TPSA) is 75.2 Å². The number of nitrogens with zero attached hydrogens (tertiary/aromatic N) is 4. The zero-order valence-electron chi connectivity index (χ0n) is 14.1. The van der Waals surface area contributed by atoms with Gasteiger partial charge in [-0.15, -0.1) is 0 Å². The van der Waals surface area contributed by atoms with E-state index in [2.05, 4.69) is 32.9 Å². The average Bonchev–Trinajstić information content (AvgIpc) is 3.30. The molecular formula is C19H18N6. The number of aromatic amines is 2. The second-order valence-corrected chi connectivity index (χ2v) is 5.93. The Balaban J connectivity index is 1.82. The van der Waals surface area contributed by atoms with E-state index in [-0.39, 0.29) is 0 Å². The van der Waals surface area contributed by atoms with Crippen LogP contribution in [-0.4, -0.2) is 29.9 Å². The minimum absolute atomic E-state index is 0.807. The number of allylic oxidation sites excluding steroid dienone is 2. The lowest BCUT2D eigenvalue weighted by Gasteiger charge is -1.98. The largest absolute Gasteiger partial charge is 0.357 e. The van der Waals surface area contributed by atoms with E-state index in [0.29, 0.717) is 0 Å². The van der Waals surface area contributed by atoms with E-state index in [4.69, 9.17) is 4.98 Å². The highest BCUT2D eigenvalue weighted by molar-refractivity contribution is 5.90. The highest BCUT2D eigenvalue weighted by Gasteiger charge is 2.14. The first kappa shape index (κ1) is 15.1. The lowest BCUT2D eigenvalue weighted by atomic mass is 10.2. The van der Waals surface area contributed by atoms with Gasteiger partial charge in [-0.25, -0.2) is 4.98 Å². The molecule has 0 saturated carbocycles. The van der Waals surface area contributed by atoms with Gasteiger partial charge in [0.05, 0.1) is 23.1 Å². The van der Waals surface area contributed by atoms with E-state index < -0.39 is 0 Å². The molecule has 4 aromatic heterocycles. The summed E-state index contributed by atoms with van der Waals surface area (Å²) in [5.41, 5.74) is 7.51. The second kappa shape index (κ2) is 5.90. The maximum atomic E-state index is 4.79. The maximum absolute atomic E-state index is 4.79. The van der Waals surface area contributed by atoms with Crippen molar-refractivity contribution in [2.45, 2.75) is 6.92 Å². The lowest BCUT2D eigenvalue weighted by Crippen LogP contribution is -1.86. The van der Waals surface area contributed by atoms with E-state index in [1.54, 1.807) is 10.8 Å². The van der Waals surface area contributed by atoms with Gasteiger partial charge in [0.25, 0.3) is 0 Å². The van der Waals surface area contributed by atoms with Gasteiger partial charge >= 0.3 is 0 Å². The van der Waals surface area contributed by atoms with Crippen LogP contribution in [0.1, 0.15) is 11.3 Å². The number of rotatable bonds is 4. The molecule has 6 nitrogen and oxygen atoms in total. The van der Waals surface area contributed by atoms with Crippen molar-refractivity contribution in [3.8, 4) is 22.6 Å². The van der Waals surface area contributed by atoms with Gasteiger partial charge in [-0.1, -0.05) is 24.8 Å². The van der Waals surface area contributed by atoms with Crippen LogP contribution in [-0.2, 0) is 7.05 Å². The van der Waals surface area contributed by atoms with Crippen LogP contribution in [0.15, 0.2) is 49.3 Å². The van der Waals surface area contributed by atoms with E-state index in [1.165, 1.54) is 0 Å². The molecule has 0 fully saturated rings. The molecule has 0 aliphatic carbocycles. The molecule has 0 saturated heterocycles. The first-order chi connectivity index (χ1) is 12.2. The number of hydrogen-bond acceptors (Lipinski definition) is 3. The fourth-order valence-electron chi connectivity index (χ4n) is 2.85. The molecule has 25 heavy (non-hydrogen) atoms. The van der Waals surface area contributed by atoms with Gasteiger partial charge in [-0.3, -0.25) is 9.78 Å². The summed E-state index contributed by atoms with van der Waals surface area (Å²) in [6.45, 7) is 5.75. The summed E-state index contributed by atoms with van der Waals surface area (Å²) < 4.78 is 1.77. The highest BCUT2D eigenvalue weighted by Crippen LogP contribution is 2.28. The minimum Gasteiger partial charge on any atom is -0.357 e. The van der Waals surface area contributed by atoms with Gasteiger partial charge < -0.3 is 4.98 Å². The van der Waals surface area contributed by atoms with Crippen LogP contribution in [0, 0.1) is 6.92 Å². The van der Waals surface area contributed by atoms with Crippen molar-refractivity contribution in [1.82, 2.24) is 29.9 Å². The maximum Gasteiger partial charge on any atom is 0.135 e. The van der Waals surface area contributed by atoms with Crippen molar-refractivity contribution < 1.29 is 0 Å². The normalized spacial score (nSPS) is 11.6. The monoisotopic (exact) mass is 330 g/mol. The highest BCUT2D eigenvalue weighted by atomic mass is 15.2. The molecule has 0 aromatic carbocycles. The third-order valence-corrected chi connectivity index (χ3v) is 4.13. The first-order valence-electron chi connectivity index (χ1n) is 7.99. The molecule has 0 aliphatic heterocycles. The van der Waals surface area contributed by atoms with Crippen molar-refractivity contribution in [3.05, 3.63) is 60.6 Å². The van der Waals surface area contributed by atoms with Crippen molar-refractivity contribution in [1.29, 1.82) is 0 Å². The Hall–Kier alpha value is -3.41. The number of nitrogens with one attached hydrogen (secondary N) is 2. The van der Waals surface area contributed by atoms with E-state index in [9.17, 15) is 0 Å². The Bertz CT molecular complexity index is 1090. The van der Waals surface area contributed by atoms with Gasteiger partial charge in [0.1, 0.15) is 11.2 Å². The predicted octanol–water partition coefficient (Wildman–Crippen LogP) is 3.86. The Labute approximate surface area is 144 Å². The number of pyridine rings is 1. The SMILES string of the molecule is C=C/C=C\c1cc(-c2n[nH]c3ccc(-c4cnn(C)c4)nc23)[nH]c1C. The van der Waals surface area contributed by atoms with Crippen LogP contribution in [0.5, 0.6) is 0 Å². The van der Waals surface area contributed by atoms with Gasteiger partial charge in [0.15, 0.2) is 0 Å².